The van der Waals surface area contributed by atoms with E-state index in [4.69, 9.17) is 0 Å². The second kappa shape index (κ2) is 8.00. The number of benzene rings is 2. The molecule has 0 saturated carbocycles. The van der Waals surface area contributed by atoms with E-state index in [1.54, 1.807) is 0 Å². The van der Waals surface area contributed by atoms with Gasteiger partial charge in [0.1, 0.15) is 6.54 Å². The minimum absolute atomic E-state index is 0.0458. The van der Waals surface area contributed by atoms with E-state index in [1.807, 2.05) is 66.0 Å². The summed E-state index contributed by atoms with van der Waals surface area (Å²) in [5.41, 5.74) is 4.53. The summed E-state index contributed by atoms with van der Waals surface area (Å²) < 4.78 is 2.97. The van der Waals surface area contributed by atoms with Gasteiger partial charge >= 0.3 is 0 Å². The molecule has 2 heterocycles. The largest absolute Gasteiger partial charge is 0.353 e. The molecule has 0 fully saturated rings. The van der Waals surface area contributed by atoms with Gasteiger partial charge in [-0.15, -0.1) is 0 Å². The van der Waals surface area contributed by atoms with Gasteiger partial charge in [-0.25, -0.2) is 0 Å². The van der Waals surface area contributed by atoms with E-state index in [0.717, 1.165) is 44.4 Å². The molecule has 7 heteroatoms. The topological polar surface area (TPSA) is 66.4 Å². The van der Waals surface area contributed by atoms with Gasteiger partial charge in [0.05, 0.1) is 17.8 Å². The van der Waals surface area contributed by atoms with Gasteiger partial charge in [-0.05, 0) is 43.9 Å². The van der Waals surface area contributed by atoms with Crippen molar-refractivity contribution in [2.75, 3.05) is 32.5 Å². The molecule has 3 aromatic rings. The molecule has 0 radical (unpaired) electrons. The van der Waals surface area contributed by atoms with E-state index in [-0.39, 0.29) is 24.8 Å². The Morgan fingerprint density at radius 3 is 2.83 bits per heavy atom. The Hall–Kier alpha value is -2.64. The fourth-order valence-electron chi connectivity index (χ4n) is 3.82. The quantitative estimate of drug-likeness (QED) is 0.621. The van der Waals surface area contributed by atoms with Crippen LogP contribution in [-0.2, 0) is 22.6 Å². The summed E-state index contributed by atoms with van der Waals surface area (Å²) in [6.07, 6.45) is 0.270. The maximum Gasteiger partial charge on any atom is 0.240 e. The molecular weight excluding hydrogens is 432 g/mol. The predicted octanol–water partition coefficient (Wildman–Crippen LogP) is 3.24. The lowest BCUT2D eigenvalue weighted by Gasteiger charge is -2.15. The molecule has 6 nitrogen and oxygen atoms in total. The number of amides is 2. The Balaban J connectivity index is 1.84. The normalized spacial score (nSPS) is 13.0. The van der Waals surface area contributed by atoms with Crippen LogP contribution in [0.4, 0.5) is 5.69 Å². The summed E-state index contributed by atoms with van der Waals surface area (Å²) >= 11 is 3.54. The lowest BCUT2D eigenvalue weighted by atomic mass is 10.0. The van der Waals surface area contributed by atoms with Crippen LogP contribution >= 0.6 is 15.9 Å². The van der Waals surface area contributed by atoms with Crippen molar-refractivity contribution in [3.05, 3.63) is 52.5 Å². The summed E-state index contributed by atoms with van der Waals surface area (Å²) in [4.78, 5) is 27.3. The Bertz CT molecular complexity index is 1100. The van der Waals surface area contributed by atoms with Gasteiger partial charge in [0, 0.05) is 34.0 Å². The average molecular weight is 455 g/mol. The number of rotatable bonds is 5. The van der Waals surface area contributed by atoms with E-state index in [1.165, 1.54) is 0 Å². The molecule has 1 aliphatic rings. The van der Waals surface area contributed by atoms with E-state index < -0.39 is 0 Å². The number of nitrogens with zero attached hydrogens (tertiary/aromatic N) is 2. The van der Waals surface area contributed by atoms with Gasteiger partial charge in [-0.2, -0.15) is 0 Å². The van der Waals surface area contributed by atoms with E-state index in [9.17, 15) is 9.59 Å². The van der Waals surface area contributed by atoms with Gasteiger partial charge in [0.15, 0.2) is 0 Å². The van der Waals surface area contributed by atoms with E-state index in [2.05, 4.69) is 26.6 Å². The molecule has 1 aromatic heterocycles. The predicted molar refractivity (Wildman–Crippen MR) is 119 cm³/mol. The van der Waals surface area contributed by atoms with E-state index in [0.29, 0.717) is 6.54 Å². The van der Waals surface area contributed by atoms with Crippen molar-refractivity contribution in [2.45, 2.75) is 13.0 Å². The number of aromatic nitrogens is 1. The molecular formula is C22H23BrN4O2. The lowest BCUT2D eigenvalue weighted by Crippen LogP contribution is -2.33. The summed E-state index contributed by atoms with van der Waals surface area (Å²) in [5.74, 6) is -0.0962. The number of carbonyl (C=O) groups is 2. The van der Waals surface area contributed by atoms with Crippen molar-refractivity contribution in [3.63, 3.8) is 0 Å². The molecule has 0 atom stereocenters. The average Bonchev–Trinajstić information content (AvgIpc) is 2.85. The zero-order valence-electron chi connectivity index (χ0n) is 16.5. The molecule has 0 aliphatic carbocycles. The number of para-hydroxylation sites is 1. The first kappa shape index (κ1) is 19.7. The molecule has 2 amide bonds. The van der Waals surface area contributed by atoms with Crippen LogP contribution in [0.25, 0.3) is 22.2 Å². The van der Waals surface area contributed by atoms with Crippen molar-refractivity contribution >= 4 is 44.3 Å². The minimum atomic E-state index is -0.0503. The van der Waals surface area contributed by atoms with Crippen molar-refractivity contribution < 1.29 is 9.59 Å². The summed E-state index contributed by atoms with van der Waals surface area (Å²) in [7, 11) is 3.95. The van der Waals surface area contributed by atoms with Crippen molar-refractivity contribution in [1.82, 2.24) is 14.8 Å². The third-order valence-electron chi connectivity index (χ3n) is 5.11. The maximum absolute atomic E-state index is 12.7. The highest BCUT2D eigenvalue weighted by Gasteiger charge is 2.26. The Kier molecular flexibility index (Phi) is 5.43. The first-order valence-electron chi connectivity index (χ1n) is 9.55. The SMILES string of the molecule is CN(C)CCNC(=O)Cn1c2c(c3cc(Br)ccc31)CC(=O)Nc1ccccc1-2. The maximum atomic E-state index is 12.7. The van der Waals surface area contributed by atoms with Crippen LogP contribution in [0.15, 0.2) is 46.9 Å². The first-order valence-corrected chi connectivity index (χ1v) is 10.3. The van der Waals surface area contributed by atoms with Crippen LogP contribution in [0.3, 0.4) is 0 Å². The number of hydrogen-bond donors (Lipinski definition) is 2. The monoisotopic (exact) mass is 454 g/mol. The Morgan fingerprint density at radius 2 is 2.03 bits per heavy atom. The number of halogens is 1. The van der Waals surface area contributed by atoms with Crippen LogP contribution < -0.4 is 10.6 Å². The molecule has 4 rings (SSSR count). The number of anilines is 1. The van der Waals surface area contributed by atoms with Crippen LogP contribution in [0, 0.1) is 0 Å². The molecule has 0 spiro atoms. The van der Waals surface area contributed by atoms with Crippen molar-refractivity contribution in [3.8, 4) is 11.3 Å². The minimum Gasteiger partial charge on any atom is -0.353 e. The lowest BCUT2D eigenvalue weighted by molar-refractivity contribution is -0.121. The highest BCUT2D eigenvalue weighted by molar-refractivity contribution is 9.10. The molecule has 2 aromatic carbocycles. The van der Waals surface area contributed by atoms with Crippen LogP contribution in [0.2, 0.25) is 0 Å². The third-order valence-corrected chi connectivity index (χ3v) is 5.60. The second-order valence-corrected chi connectivity index (χ2v) is 8.41. The highest BCUT2D eigenvalue weighted by Crippen LogP contribution is 2.40. The highest BCUT2D eigenvalue weighted by atomic mass is 79.9. The number of hydrogen-bond acceptors (Lipinski definition) is 3. The number of likely N-dealkylation sites (N-methyl/N-ethyl adjacent to an activating group) is 1. The third kappa shape index (κ3) is 3.93. The van der Waals surface area contributed by atoms with Crippen LogP contribution in [0.5, 0.6) is 0 Å². The molecule has 0 unspecified atom stereocenters. The fraction of sp³-hybridized carbons (Fsp3) is 0.273. The van der Waals surface area contributed by atoms with Crippen LogP contribution in [0.1, 0.15) is 5.56 Å². The second-order valence-electron chi connectivity index (χ2n) is 7.50. The smallest absolute Gasteiger partial charge is 0.240 e. The molecule has 29 heavy (non-hydrogen) atoms. The van der Waals surface area contributed by atoms with Gasteiger partial charge in [0.25, 0.3) is 0 Å². The van der Waals surface area contributed by atoms with Gasteiger partial charge in [0.2, 0.25) is 11.8 Å². The zero-order chi connectivity index (χ0) is 20.5. The Morgan fingerprint density at radius 1 is 1.24 bits per heavy atom. The molecule has 2 N–H and O–H groups in total. The zero-order valence-corrected chi connectivity index (χ0v) is 18.0. The van der Waals surface area contributed by atoms with Gasteiger partial charge in [-0.1, -0.05) is 34.1 Å². The van der Waals surface area contributed by atoms with E-state index >= 15 is 0 Å². The molecule has 0 bridgehead atoms. The Labute approximate surface area is 178 Å². The first-order chi connectivity index (χ1) is 13.9. The van der Waals surface area contributed by atoms with Gasteiger partial charge in [-0.3, -0.25) is 9.59 Å². The number of fused-ring (bicyclic) bond motifs is 5. The molecule has 1 aliphatic heterocycles. The molecule has 0 saturated heterocycles. The van der Waals surface area contributed by atoms with Crippen LogP contribution in [-0.4, -0.2) is 48.5 Å². The molecule has 150 valence electrons. The summed E-state index contributed by atoms with van der Waals surface area (Å²) in [6.45, 7) is 1.57. The van der Waals surface area contributed by atoms with Crippen molar-refractivity contribution in [2.24, 2.45) is 0 Å². The standard InChI is InChI=1S/C22H23BrN4O2/c1-26(2)10-9-24-21(29)13-27-19-8-7-14(23)11-16(19)17-12-20(28)25-18-6-4-3-5-15(18)22(17)27/h3-8,11H,9-10,12-13H2,1-2H3,(H,24,29)(H,25,28). The number of carbonyl (C=O) groups excluding carboxylic acids is 2. The van der Waals surface area contributed by atoms with Gasteiger partial charge < -0.3 is 20.1 Å². The fourth-order valence-corrected chi connectivity index (χ4v) is 4.18. The summed E-state index contributed by atoms with van der Waals surface area (Å²) in [6, 6.07) is 13.7. The summed E-state index contributed by atoms with van der Waals surface area (Å²) in [5, 5.41) is 6.97. The number of nitrogens with one attached hydrogen (secondary N) is 2. The van der Waals surface area contributed by atoms with Crippen molar-refractivity contribution in [1.29, 1.82) is 0 Å².